The van der Waals surface area contributed by atoms with Crippen molar-refractivity contribution in [2.45, 2.75) is 20.8 Å². The van der Waals surface area contributed by atoms with Gasteiger partial charge in [-0.3, -0.25) is 0 Å². The lowest BCUT2D eigenvalue weighted by Gasteiger charge is -2.00. The fourth-order valence-electron chi connectivity index (χ4n) is 1.45. The molecule has 1 N–H and O–H groups in total. The number of thiophene rings is 1. The second-order valence-electron chi connectivity index (χ2n) is 3.79. The Labute approximate surface area is 104 Å². The molecule has 88 valence electrons. The maximum atomic E-state index is 4.24. The number of rotatable bonds is 3. The van der Waals surface area contributed by atoms with Gasteiger partial charge in [0.05, 0.1) is 6.21 Å². The summed E-state index contributed by atoms with van der Waals surface area (Å²) in [5.74, 6) is 0.534. The highest BCUT2D eigenvalue weighted by atomic mass is 32.1. The van der Waals surface area contributed by atoms with Crippen molar-refractivity contribution in [3.05, 3.63) is 39.3 Å². The third-order valence-electron chi connectivity index (χ3n) is 2.10. The SMILES string of the molecule is Cc1cc(C)nc(N/N=C\c2ccc(C)s2)n1. The minimum absolute atomic E-state index is 0.534. The van der Waals surface area contributed by atoms with E-state index in [0.717, 1.165) is 16.3 Å². The molecule has 0 amide bonds. The molecule has 0 saturated carbocycles. The van der Waals surface area contributed by atoms with E-state index in [2.05, 4.69) is 33.5 Å². The molecule has 0 saturated heterocycles. The lowest BCUT2D eigenvalue weighted by atomic mass is 10.4. The highest BCUT2D eigenvalue weighted by molar-refractivity contribution is 7.13. The number of nitrogens with one attached hydrogen (secondary N) is 1. The second kappa shape index (κ2) is 5.05. The van der Waals surface area contributed by atoms with E-state index < -0.39 is 0 Å². The van der Waals surface area contributed by atoms with Gasteiger partial charge < -0.3 is 0 Å². The standard InChI is InChI=1S/C12H14N4S/c1-8-6-9(2)15-12(14-8)16-13-7-11-5-4-10(3)17-11/h4-7H,1-3H3,(H,14,15,16)/b13-7-. The summed E-state index contributed by atoms with van der Waals surface area (Å²) >= 11 is 1.70. The normalized spacial score (nSPS) is 11.0. The van der Waals surface area contributed by atoms with Gasteiger partial charge in [0.15, 0.2) is 0 Å². The highest BCUT2D eigenvalue weighted by Crippen LogP contribution is 2.12. The van der Waals surface area contributed by atoms with Crippen LogP contribution in [0.15, 0.2) is 23.3 Å². The molecular formula is C12H14N4S. The quantitative estimate of drug-likeness (QED) is 0.669. The Balaban J connectivity index is 2.04. The summed E-state index contributed by atoms with van der Waals surface area (Å²) in [6.07, 6.45) is 1.78. The number of hydrazone groups is 1. The number of hydrogen-bond acceptors (Lipinski definition) is 5. The van der Waals surface area contributed by atoms with E-state index in [-0.39, 0.29) is 0 Å². The Morgan fingerprint density at radius 2 is 1.88 bits per heavy atom. The van der Waals surface area contributed by atoms with Gasteiger partial charge in [-0.15, -0.1) is 11.3 Å². The number of anilines is 1. The van der Waals surface area contributed by atoms with Gasteiger partial charge >= 0.3 is 0 Å². The van der Waals surface area contributed by atoms with Gasteiger partial charge in [-0.1, -0.05) is 0 Å². The Kier molecular flexibility index (Phi) is 3.49. The molecular weight excluding hydrogens is 232 g/mol. The van der Waals surface area contributed by atoms with Gasteiger partial charge in [-0.25, -0.2) is 15.4 Å². The van der Waals surface area contributed by atoms with Crippen molar-refractivity contribution < 1.29 is 0 Å². The molecule has 0 atom stereocenters. The van der Waals surface area contributed by atoms with Crippen LogP contribution in [0.1, 0.15) is 21.1 Å². The fraction of sp³-hybridized carbons (Fsp3) is 0.250. The molecule has 2 rings (SSSR count). The Morgan fingerprint density at radius 1 is 1.18 bits per heavy atom. The first kappa shape index (κ1) is 11.7. The van der Waals surface area contributed by atoms with Crippen molar-refractivity contribution in [1.82, 2.24) is 9.97 Å². The average molecular weight is 246 g/mol. The van der Waals surface area contributed by atoms with E-state index in [1.165, 1.54) is 4.88 Å². The summed E-state index contributed by atoms with van der Waals surface area (Å²) in [6.45, 7) is 5.95. The largest absolute Gasteiger partial charge is 0.245 e. The maximum absolute atomic E-state index is 4.24. The Morgan fingerprint density at radius 3 is 2.47 bits per heavy atom. The summed E-state index contributed by atoms with van der Waals surface area (Å²) in [4.78, 5) is 10.9. The summed E-state index contributed by atoms with van der Waals surface area (Å²) in [7, 11) is 0. The molecule has 0 unspecified atom stereocenters. The van der Waals surface area contributed by atoms with E-state index in [9.17, 15) is 0 Å². The van der Waals surface area contributed by atoms with Crippen LogP contribution in [0, 0.1) is 20.8 Å². The molecule has 5 heteroatoms. The van der Waals surface area contributed by atoms with E-state index in [1.54, 1.807) is 17.6 Å². The van der Waals surface area contributed by atoms with Crippen LogP contribution in [0.2, 0.25) is 0 Å². The van der Waals surface area contributed by atoms with Crippen LogP contribution >= 0.6 is 11.3 Å². The molecule has 4 nitrogen and oxygen atoms in total. The van der Waals surface area contributed by atoms with Crippen molar-refractivity contribution in [1.29, 1.82) is 0 Å². The van der Waals surface area contributed by atoms with Crippen LogP contribution in [0.4, 0.5) is 5.95 Å². The van der Waals surface area contributed by atoms with E-state index >= 15 is 0 Å². The molecule has 0 aliphatic rings. The molecule has 0 fully saturated rings. The lowest BCUT2D eigenvalue weighted by Crippen LogP contribution is -1.99. The maximum Gasteiger partial charge on any atom is 0.243 e. The zero-order chi connectivity index (χ0) is 12.3. The molecule has 0 bridgehead atoms. The molecule has 2 heterocycles. The van der Waals surface area contributed by atoms with Crippen molar-refractivity contribution in [2.24, 2.45) is 5.10 Å². The van der Waals surface area contributed by atoms with Gasteiger partial charge in [0.25, 0.3) is 0 Å². The zero-order valence-corrected chi connectivity index (χ0v) is 10.9. The van der Waals surface area contributed by atoms with Crippen LogP contribution < -0.4 is 5.43 Å². The zero-order valence-electron chi connectivity index (χ0n) is 10.1. The van der Waals surface area contributed by atoms with Crippen LogP contribution in [-0.4, -0.2) is 16.2 Å². The van der Waals surface area contributed by atoms with Gasteiger partial charge in [-0.05, 0) is 39.0 Å². The van der Waals surface area contributed by atoms with Crippen LogP contribution in [0.25, 0.3) is 0 Å². The van der Waals surface area contributed by atoms with Crippen molar-refractivity contribution in [3.8, 4) is 0 Å². The summed E-state index contributed by atoms with van der Waals surface area (Å²) < 4.78 is 0. The minimum Gasteiger partial charge on any atom is -0.245 e. The summed E-state index contributed by atoms with van der Waals surface area (Å²) in [5, 5.41) is 4.12. The second-order valence-corrected chi connectivity index (χ2v) is 5.11. The first-order chi connectivity index (χ1) is 8.13. The lowest BCUT2D eigenvalue weighted by molar-refractivity contribution is 1.04. The highest BCUT2D eigenvalue weighted by Gasteiger charge is 1.97. The molecule has 2 aromatic rings. The molecule has 2 aromatic heterocycles. The fourth-order valence-corrected chi connectivity index (χ4v) is 2.20. The van der Waals surface area contributed by atoms with Crippen molar-refractivity contribution in [3.63, 3.8) is 0 Å². The predicted molar refractivity (Wildman–Crippen MR) is 71.8 cm³/mol. The number of hydrogen-bond donors (Lipinski definition) is 1. The smallest absolute Gasteiger partial charge is 0.243 e. The van der Waals surface area contributed by atoms with E-state index in [4.69, 9.17) is 0 Å². The Bertz CT molecular complexity index is 525. The third-order valence-corrected chi connectivity index (χ3v) is 3.04. The minimum atomic E-state index is 0.534. The first-order valence-electron chi connectivity index (χ1n) is 5.31. The molecule has 0 aliphatic carbocycles. The molecule has 0 spiro atoms. The predicted octanol–water partition coefficient (Wildman–Crippen LogP) is 2.91. The van der Waals surface area contributed by atoms with Crippen molar-refractivity contribution in [2.75, 3.05) is 5.43 Å². The molecule has 0 aromatic carbocycles. The van der Waals surface area contributed by atoms with Crippen LogP contribution in [-0.2, 0) is 0 Å². The number of aryl methyl sites for hydroxylation is 3. The topological polar surface area (TPSA) is 50.2 Å². The van der Waals surface area contributed by atoms with Crippen LogP contribution in [0.5, 0.6) is 0 Å². The molecule has 17 heavy (non-hydrogen) atoms. The number of nitrogens with zero attached hydrogens (tertiary/aromatic N) is 3. The van der Waals surface area contributed by atoms with Gasteiger partial charge in [0, 0.05) is 21.1 Å². The van der Waals surface area contributed by atoms with Crippen molar-refractivity contribution >= 4 is 23.5 Å². The monoisotopic (exact) mass is 246 g/mol. The summed E-state index contributed by atoms with van der Waals surface area (Å²) in [5.41, 5.74) is 4.70. The van der Waals surface area contributed by atoms with Gasteiger partial charge in [-0.2, -0.15) is 5.10 Å². The number of aromatic nitrogens is 2. The first-order valence-corrected chi connectivity index (χ1v) is 6.13. The van der Waals surface area contributed by atoms with Gasteiger partial charge in [0.1, 0.15) is 0 Å². The summed E-state index contributed by atoms with van der Waals surface area (Å²) in [6, 6.07) is 6.03. The van der Waals surface area contributed by atoms with E-state index in [0.29, 0.717) is 5.95 Å². The molecule has 0 radical (unpaired) electrons. The molecule has 0 aliphatic heterocycles. The van der Waals surface area contributed by atoms with Gasteiger partial charge in [0.2, 0.25) is 5.95 Å². The van der Waals surface area contributed by atoms with Crippen LogP contribution in [0.3, 0.4) is 0 Å². The average Bonchev–Trinajstić information content (AvgIpc) is 2.63. The Hall–Kier alpha value is -1.75. The third kappa shape index (κ3) is 3.35. The van der Waals surface area contributed by atoms with E-state index in [1.807, 2.05) is 26.0 Å².